The zero-order chi connectivity index (χ0) is 16.2. The van der Waals surface area contributed by atoms with Gasteiger partial charge in [-0.2, -0.15) is 5.10 Å². The number of hydrogen-bond acceptors (Lipinski definition) is 3. The summed E-state index contributed by atoms with van der Waals surface area (Å²) in [6.45, 7) is 6.94. The molecule has 1 N–H and O–H groups in total. The fourth-order valence-electron chi connectivity index (χ4n) is 4.36. The van der Waals surface area contributed by atoms with Crippen LogP contribution in [0.15, 0.2) is 39.9 Å². The fourth-order valence-corrected chi connectivity index (χ4v) is 4.36. The lowest BCUT2D eigenvalue weighted by atomic mass is 9.70. The van der Waals surface area contributed by atoms with Crippen LogP contribution in [0.2, 0.25) is 0 Å². The molecule has 2 bridgehead atoms. The highest BCUT2D eigenvalue weighted by Crippen LogP contribution is 2.63. The lowest BCUT2D eigenvalue weighted by Gasteiger charge is -2.34. The number of amides is 1. The summed E-state index contributed by atoms with van der Waals surface area (Å²) in [6.07, 6.45) is 3.41. The Hall–Kier alpha value is -2.10. The lowest BCUT2D eigenvalue weighted by molar-refractivity contribution is 0.0928. The van der Waals surface area contributed by atoms with Crippen LogP contribution in [-0.4, -0.2) is 11.6 Å². The van der Waals surface area contributed by atoms with E-state index in [1.54, 1.807) is 6.07 Å². The first-order chi connectivity index (χ1) is 10.9. The van der Waals surface area contributed by atoms with E-state index >= 15 is 0 Å². The molecule has 1 amide bonds. The van der Waals surface area contributed by atoms with E-state index in [9.17, 15) is 4.79 Å². The van der Waals surface area contributed by atoms with Crippen LogP contribution >= 0.6 is 0 Å². The molecule has 120 valence electrons. The summed E-state index contributed by atoms with van der Waals surface area (Å²) in [7, 11) is 0. The molecule has 4 nitrogen and oxygen atoms in total. The average Bonchev–Trinajstić information content (AvgIpc) is 3.11. The van der Waals surface area contributed by atoms with Crippen LogP contribution < -0.4 is 5.43 Å². The Morgan fingerprint density at radius 3 is 2.74 bits per heavy atom. The van der Waals surface area contributed by atoms with Gasteiger partial charge in [-0.15, -0.1) is 0 Å². The molecule has 1 aromatic carbocycles. The molecular weight excluding hydrogens is 288 g/mol. The van der Waals surface area contributed by atoms with E-state index in [4.69, 9.17) is 4.42 Å². The van der Waals surface area contributed by atoms with Crippen molar-refractivity contribution in [3.05, 3.63) is 36.1 Å². The Kier molecular flexibility index (Phi) is 2.96. The van der Waals surface area contributed by atoms with Gasteiger partial charge in [-0.25, -0.2) is 5.43 Å². The summed E-state index contributed by atoms with van der Waals surface area (Å²) >= 11 is 0. The number of carbonyl (C=O) groups is 1. The molecule has 2 saturated carbocycles. The predicted molar refractivity (Wildman–Crippen MR) is 90.3 cm³/mol. The van der Waals surface area contributed by atoms with Crippen molar-refractivity contribution in [1.29, 1.82) is 0 Å². The number of hydrogen-bond donors (Lipinski definition) is 1. The van der Waals surface area contributed by atoms with Crippen molar-refractivity contribution in [2.75, 3.05) is 0 Å². The van der Waals surface area contributed by atoms with Crippen LogP contribution in [0, 0.1) is 16.7 Å². The molecule has 2 fully saturated rings. The summed E-state index contributed by atoms with van der Waals surface area (Å²) in [4.78, 5) is 12.3. The van der Waals surface area contributed by atoms with Gasteiger partial charge < -0.3 is 4.42 Å². The molecule has 2 aliphatic carbocycles. The van der Waals surface area contributed by atoms with Gasteiger partial charge >= 0.3 is 5.91 Å². The third kappa shape index (κ3) is 1.97. The molecule has 0 radical (unpaired) electrons. The average molecular weight is 310 g/mol. The summed E-state index contributed by atoms with van der Waals surface area (Å²) in [5, 5.41) is 5.41. The summed E-state index contributed by atoms with van der Waals surface area (Å²) < 4.78 is 5.59. The minimum atomic E-state index is -0.280. The van der Waals surface area contributed by atoms with Crippen LogP contribution in [0.5, 0.6) is 0 Å². The van der Waals surface area contributed by atoms with Crippen molar-refractivity contribution in [2.45, 2.75) is 40.0 Å². The van der Waals surface area contributed by atoms with Crippen LogP contribution in [0.1, 0.15) is 50.6 Å². The quantitative estimate of drug-likeness (QED) is 0.838. The van der Waals surface area contributed by atoms with E-state index in [2.05, 4.69) is 31.3 Å². The maximum atomic E-state index is 12.3. The number of para-hydroxylation sites is 1. The number of benzene rings is 1. The minimum Gasteiger partial charge on any atom is -0.451 e. The van der Waals surface area contributed by atoms with Crippen molar-refractivity contribution in [1.82, 2.24) is 5.43 Å². The number of furan rings is 1. The highest BCUT2D eigenvalue weighted by atomic mass is 16.3. The van der Waals surface area contributed by atoms with Crippen LogP contribution in [0.3, 0.4) is 0 Å². The molecule has 1 aromatic heterocycles. The number of fused-ring (bicyclic) bond motifs is 3. The SMILES string of the molecule is CC1(C)[C@H]2CC[C@@]1(C)/C(=N/NC(=O)c1cc3ccccc3o1)C2. The van der Waals surface area contributed by atoms with Crippen molar-refractivity contribution in [3.8, 4) is 0 Å². The summed E-state index contributed by atoms with van der Waals surface area (Å²) in [5.41, 5.74) is 4.91. The van der Waals surface area contributed by atoms with Gasteiger partial charge in [0.05, 0.1) is 0 Å². The highest BCUT2D eigenvalue weighted by molar-refractivity contribution is 5.98. The molecule has 0 spiro atoms. The fraction of sp³-hybridized carbons (Fsp3) is 0.474. The van der Waals surface area contributed by atoms with E-state index in [-0.39, 0.29) is 16.7 Å². The van der Waals surface area contributed by atoms with Gasteiger partial charge in [0.1, 0.15) is 5.58 Å². The highest BCUT2D eigenvalue weighted by Gasteiger charge is 2.60. The second-order valence-electron chi connectivity index (χ2n) is 7.64. The Balaban J connectivity index is 1.56. The van der Waals surface area contributed by atoms with Gasteiger partial charge in [-0.1, -0.05) is 39.0 Å². The lowest BCUT2D eigenvalue weighted by Crippen LogP contribution is -2.34. The minimum absolute atomic E-state index is 0.0961. The molecule has 2 aromatic rings. The van der Waals surface area contributed by atoms with Gasteiger partial charge in [0, 0.05) is 16.5 Å². The smallest absolute Gasteiger partial charge is 0.307 e. The number of nitrogens with one attached hydrogen (secondary N) is 1. The number of nitrogens with zero attached hydrogens (tertiary/aromatic N) is 1. The van der Waals surface area contributed by atoms with Crippen molar-refractivity contribution < 1.29 is 9.21 Å². The van der Waals surface area contributed by atoms with Gasteiger partial charge in [-0.3, -0.25) is 4.79 Å². The molecule has 4 rings (SSSR count). The van der Waals surface area contributed by atoms with Gasteiger partial charge in [0.25, 0.3) is 0 Å². The number of rotatable bonds is 2. The molecule has 0 saturated heterocycles. The van der Waals surface area contributed by atoms with Crippen LogP contribution in [0.25, 0.3) is 11.0 Å². The molecule has 4 heteroatoms. The Morgan fingerprint density at radius 2 is 2.09 bits per heavy atom. The van der Waals surface area contributed by atoms with Gasteiger partial charge in [0.15, 0.2) is 5.76 Å². The summed E-state index contributed by atoms with van der Waals surface area (Å²) in [5.74, 6) is 0.704. The van der Waals surface area contributed by atoms with Crippen molar-refractivity contribution in [3.63, 3.8) is 0 Å². The first-order valence-corrected chi connectivity index (χ1v) is 8.28. The largest absolute Gasteiger partial charge is 0.451 e. The van der Waals surface area contributed by atoms with Crippen molar-refractivity contribution >= 4 is 22.6 Å². The maximum Gasteiger partial charge on any atom is 0.307 e. The molecule has 1 heterocycles. The monoisotopic (exact) mass is 310 g/mol. The molecule has 2 atom stereocenters. The number of carbonyl (C=O) groups excluding carboxylic acids is 1. The standard InChI is InChI=1S/C19H22N2O2/c1-18(2)13-8-9-19(18,3)16(11-13)20-21-17(22)15-10-12-6-4-5-7-14(12)23-15/h4-7,10,13H,8-9,11H2,1-3H3,(H,21,22)/b20-16+/t13-,19-/m0/s1. The van der Waals surface area contributed by atoms with Crippen LogP contribution in [0.4, 0.5) is 0 Å². The Morgan fingerprint density at radius 1 is 1.30 bits per heavy atom. The zero-order valence-electron chi connectivity index (χ0n) is 13.8. The molecule has 0 unspecified atom stereocenters. The normalized spacial score (nSPS) is 30.2. The first-order valence-electron chi connectivity index (χ1n) is 8.28. The first kappa shape index (κ1) is 14.5. The van der Waals surface area contributed by atoms with Gasteiger partial charge in [-0.05, 0) is 42.7 Å². The second-order valence-corrected chi connectivity index (χ2v) is 7.64. The molecule has 23 heavy (non-hydrogen) atoms. The summed E-state index contributed by atoms with van der Waals surface area (Å²) in [6, 6.07) is 9.37. The number of hydrazone groups is 1. The van der Waals surface area contributed by atoms with E-state index < -0.39 is 0 Å². The van der Waals surface area contributed by atoms with E-state index in [0.717, 1.165) is 29.5 Å². The Labute approximate surface area is 135 Å². The Bertz CT molecular complexity index is 785. The van der Waals surface area contributed by atoms with E-state index in [1.807, 2.05) is 24.3 Å². The molecular formula is C19H22N2O2. The van der Waals surface area contributed by atoms with Crippen molar-refractivity contribution in [2.24, 2.45) is 21.8 Å². The predicted octanol–water partition coefficient (Wildman–Crippen LogP) is 4.36. The topological polar surface area (TPSA) is 54.6 Å². The van der Waals surface area contributed by atoms with E-state index in [1.165, 1.54) is 6.42 Å². The molecule has 0 aliphatic heterocycles. The maximum absolute atomic E-state index is 12.3. The van der Waals surface area contributed by atoms with E-state index in [0.29, 0.717) is 11.7 Å². The molecule has 2 aliphatic rings. The third-order valence-corrected chi connectivity index (χ3v) is 6.45. The van der Waals surface area contributed by atoms with Gasteiger partial charge in [0.2, 0.25) is 0 Å². The second kappa shape index (κ2) is 4.70. The third-order valence-electron chi connectivity index (χ3n) is 6.45. The zero-order valence-corrected chi connectivity index (χ0v) is 13.8. The van der Waals surface area contributed by atoms with Crippen LogP contribution in [-0.2, 0) is 0 Å².